The molecule has 0 spiro atoms. The van der Waals surface area contributed by atoms with Gasteiger partial charge in [0, 0.05) is 12.0 Å². The van der Waals surface area contributed by atoms with Crippen LogP contribution in [0.1, 0.15) is 49.7 Å². The number of carboxylic acid groups (broad SMARTS) is 1. The lowest BCUT2D eigenvalue weighted by Gasteiger charge is -2.31. The molecule has 7 heteroatoms. The van der Waals surface area contributed by atoms with Crippen molar-refractivity contribution in [3.8, 4) is 11.1 Å². The summed E-state index contributed by atoms with van der Waals surface area (Å²) in [5.41, 5.74) is 4.60. The summed E-state index contributed by atoms with van der Waals surface area (Å²) in [5.74, 6) is -1.93. The number of carboxylic acids is 1. The van der Waals surface area contributed by atoms with Gasteiger partial charge in [-0.15, -0.1) is 0 Å². The zero-order valence-corrected chi connectivity index (χ0v) is 18.0. The largest absolute Gasteiger partial charge is 0.480 e. The number of hydrogen-bond acceptors (Lipinski definition) is 4. The van der Waals surface area contributed by atoms with Crippen LogP contribution in [0.3, 0.4) is 0 Å². The number of benzene rings is 2. The Morgan fingerprint density at radius 2 is 1.59 bits per heavy atom. The first-order valence-corrected chi connectivity index (χ1v) is 11.1. The molecule has 0 aliphatic heterocycles. The Hall–Kier alpha value is -3.35. The summed E-state index contributed by atoms with van der Waals surface area (Å²) in [4.78, 5) is 36.3. The number of hydrogen-bond donors (Lipinski definition) is 3. The molecule has 168 valence electrons. The fourth-order valence-electron chi connectivity index (χ4n) is 4.79. The van der Waals surface area contributed by atoms with Crippen molar-refractivity contribution < 1.29 is 24.2 Å². The molecule has 0 aromatic heterocycles. The molecule has 1 saturated carbocycles. The molecule has 3 N–H and O–H groups in total. The maximum Gasteiger partial charge on any atom is 0.407 e. The van der Waals surface area contributed by atoms with Crippen LogP contribution in [0.4, 0.5) is 4.79 Å². The second kappa shape index (κ2) is 9.42. The van der Waals surface area contributed by atoms with Crippen molar-refractivity contribution in [2.45, 2.75) is 50.6 Å². The number of carbonyl (C=O) groups excluding carboxylic acids is 2. The van der Waals surface area contributed by atoms with Crippen molar-refractivity contribution in [1.29, 1.82) is 0 Å². The van der Waals surface area contributed by atoms with E-state index in [0.717, 1.165) is 35.1 Å². The van der Waals surface area contributed by atoms with Gasteiger partial charge < -0.3 is 20.5 Å². The van der Waals surface area contributed by atoms with Gasteiger partial charge in [-0.05, 0) is 42.0 Å². The number of ether oxygens (including phenoxy) is 1. The second-order valence-electron chi connectivity index (χ2n) is 8.54. The summed E-state index contributed by atoms with van der Waals surface area (Å²) in [7, 11) is 0. The topological polar surface area (TPSA) is 105 Å². The van der Waals surface area contributed by atoms with Gasteiger partial charge in [-0.3, -0.25) is 9.59 Å². The summed E-state index contributed by atoms with van der Waals surface area (Å²) in [5, 5.41) is 14.4. The lowest BCUT2D eigenvalue weighted by molar-refractivity contribution is -0.142. The molecule has 3 atom stereocenters. The van der Waals surface area contributed by atoms with Crippen molar-refractivity contribution >= 4 is 18.0 Å². The summed E-state index contributed by atoms with van der Waals surface area (Å²) in [6, 6.07) is 14.9. The molecule has 2 unspecified atom stereocenters. The fourth-order valence-corrected chi connectivity index (χ4v) is 4.79. The quantitative estimate of drug-likeness (QED) is 0.641. The van der Waals surface area contributed by atoms with Crippen LogP contribution in [-0.2, 0) is 14.3 Å². The highest BCUT2D eigenvalue weighted by Crippen LogP contribution is 2.44. The maximum atomic E-state index is 12.6. The van der Waals surface area contributed by atoms with Gasteiger partial charge in [0.1, 0.15) is 12.6 Å². The smallest absolute Gasteiger partial charge is 0.407 e. The Bertz CT molecular complexity index is 975. The van der Waals surface area contributed by atoms with Gasteiger partial charge in [0.25, 0.3) is 0 Å². The second-order valence-corrected chi connectivity index (χ2v) is 8.54. The summed E-state index contributed by atoms with van der Waals surface area (Å²) in [6.07, 6.45) is 2.47. The minimum atomic E-state index is -1.09. The molecule has 4 rings (SSSR count). The zero-order chi connectivity index (χ0) is 22.7. The van der Waals surface area contributed by atoms with Gasteiger partial charge in [-0.1, -0.05) is 61.4 Å². The van der Waals surface area contributed by atoms with Gasteiger partial charge in [0.15, 0.2) is 0 Å². The average molecular weight is 437 g/mol. The molecule has 1 fully saturated rings. The van der Waals surface area contributed by atoms with Crippen LogP contribution in [0, 0.1) is 5.92 Å². The molecule has 2 amide bonds. The SMILES string of the molecule is C[C@@H](NC(=O)C1CCCCC1NC(=O)OCC1c2ccccc2-c2ccccc21)C(=O)O. The molecular weight excluding hydrogens is 408 g/mol. The molecule has 0 radical (unpaired) electrons. The first-order chi connectivity index (χ1) is 15.5. The lowest BCUT2D eigenvalue weighted by atomic mass is 9.83. The third-order valence-electron chi connectivity index (χ3n) is 6.48. The van der Waals surface area contributed by atoms with Crippen LogP contribution < -0.4 is 10.6 Å². The summed E-state index contributed by atoms with van der Waals surface area (Å²) >= 11 is 0. The first kappa shape index (κ1) is 21.9. The van der Waals surface area contributed by atoms with E-state index in [1.54, 1.807) is 0 Å². The molecular formula is C25H28N2O5. The lowest BCUT2D eigenvalue weighted by Crippen LogP contribution is -2.51. The predicted octanol–water partition coefficient (Wildman–Crippen LogP) is 3.67. The maximum absolute atomic E-state index is 12.6. The van der Waals surface area contributed by atoms with Crippen LogP contribution >= 0.6 is 0 Å². The highest BCUT2D eigenvalue weighted by molar-refractivity contribution is 5.85. The van der Waals surface area contributed by atoms with E-state index in [0.29, 0.717) is 12.8 Å². The Morgan fingerprint density at radius 1 is 1.00 bits per heavy atom. The standard InChI is InChI=1S/C25H28N2O5/c1-15(24(29)30)26-23(28)20-12-6-7-13-22(20)27-25(31)32-14-21-18-10-4-2-8-16(18)17-9-3-5-11-19(17)21/h2-5,8-11,15,20-22H,6-7,12-14H2,1H3,(H,26,28)(H,27,31)(H,29,30)/t15-,20?,22?/m1/s1. The monoisotopic (exact) mass is 436 g/mol. The summed E-state index contributed by atoms with van der Waals surface area (Å²) < 4.78 is 5.61. The summed E-state index contributed by atoms with van der Waals surface area (Å²) in [6.45, 7) is 1.64. The van der Waals surface area contributed by atoms with Crippen molar-refractivity contribution in [3.63, 3.8) is 0 Å². The van der Waals surface area contributed by atoms with Gasteiger partial charge in [0.2, 0.25) is 5.91 Å². The van der Waals surface area contributed by atoms with Gasteiger partial charge in [-0.25, -0.2) is 4.79 Å². The number of fused-ring (bicyclic) bond motifs is 3. The van der Waals surface area contributed by atoms with Crippen molar-refractivity contribution in [1.82, 2.24) is 10.6 Å². The molecule has 32 heavy (non-hydrogen) atoms. The Kier molecular flexibility index (Phi) is 6.44. The van der Waals surface area contributed by atoms with E-state index < -0.39 is 24.0 Å². The minimum absolute atomic E-state index is 0.0324. The number of alkyl carbamates (subject to hydrolysis) is 1. The van der Waals surface area contributed by atoms with Crippen molar-refractivity contribution in [3.05, 3.63) is 59.7 Å². The third-order valence-corrected chi connectivity index (χ3v) is 6.48. The predicted molar refractivity (Wildman–Crippen MR) is 119 cm³/mol. The average Bonchev–Trinajstić information content (AvgIpc) is 3.11. The highest BCUT2D eigenvalue weighted by atomic mass is 16.5. The van der Waals surface area contributed by atoms with Gasteiger partial charge in [-0.2, -0.15) is 0 Å². The van der Waals surface area contributed by atoms with Crippen LogP contribution in [0.25, 0.3) is 11.1 Å². The zero-order valence-electron chi connectivity index (χ0n) is 18.0. The molecule has 2 aliphatic carbocycles. The van der Waals surface area contributed by atoms with E-state index >= 15 is 0 Å². The van der Waals surface area contributed by atoms with E-state index in [1.807, 2.05) is 24.3 Å². The van der Waals surface area contributed by atoms with Crippen molar-refractivity contribution in [2.24, 2.45) is 5.92 Å². The molecule has 0 saturated heterocycles. The Morgan fingerprint density at radius 3 is 2.22 bits per heavy atom. The third kappa shape index (κ3) is 4.47. The first-order valence-electron chi connectivity index (χ1n) is 11.1. The van der Waals surface area contributed by atoms with E-state index in [9.17, 15) is 14.4 Å². The molecule has 2 aromatic rings. The number of carbonyl (C=O) groups is 3. The highest BCUT2D eigenvalue weighted by Gasteiger charge is 2.34. The number of aliphatic carboxylic acids is 1. The van der Waals surface area contributed by atoms with Gasteiger partial charge >= 0.3 is 12.1 Å². The number of nitrogens with one attached hydrogen (secondary N) is 2. The molecule has 7 nitrogen and oxygen atoms in total. The molecule has 2 aliphatic rings. The fraction of sp³-hybridized carbons (Fsp3) is 0.400. The molecule has 0 heterocycles. The number of rotatable bonds is 6. The minimum Gasteiger partial charge on any atom is -0.480 e. The van der Waals surface area contributed by atoms with Crippen molar-refractivity contribution in [2.75, 3.05) is 6.61 Å². The van der Waals surface area contributed by atoms with Crippen LogP contribution in [0.15, 0.2) is 48.5 Å². The van der Waals surface area contributed by atoms with E-state index in [4.69, 9.17) is 9.84 Å². The Balaban J connectivity index is 1.39. The number of amides is 2. The van der Waals surface area contributed by atoms with Crippen LogP contribution in [-0.4, -0.2) is 41.8 Å². The molecule has 0 bridgehead atoms. The Labute approximate surface area is 187 Å². The molecule has 2 aromatic carbocycles. The van der Waals surface area contributed by atoms with E-state index in [-0.39, 0.29) is 24.5 Å². The van der Waals surface area contributed by atoms with E-state index in [2.05, 4.69) is 34.9 Å². The van der Waals surface area contributed by atoms with Crippen LogP contribution in [0.5, 0.6) is 0 Å². The van der Waals surface area contributed by atoms with Crippen LogP contribution in [0.2, 0.25) is 0 Å². The van der Waals surface area contributed by atoms with E-state index in [1.165, 1.54) is 6.92 Å². The van der Waals surface area contributed by atoms with Gasteiger partial charge in [0.05, 0.1) is 5.92 Å². The normalized spacial score (nSPS) is 20.5.